The van der Waals surface area contributed by atoms with Gasteiger partial charge in [-0.05, 0) is 11.5 Å². The van der Waals surface area contributed by atoms with Crippen LogP contribution in [0.25, 0.3) is 0 Å². The number of nitrogens with zero attached hydrogens (tertiary/aromatic N) is 2. The van der Waals surface area contributed by atoms with Crippen LogP contribution in [0.5, 0.6) is 0 Å². The molecule has 1 aliphatic heterocycles. The average molecular weight is 174 g/mol. The van der Waals surface area contributed by atoms with Crippen molar-refractivity contribution in [3.63, 3.8) is 0 Å². The first-order valence-corrected chi connectivity index (χ1v) is 4.59. The van der Waals surface area contributed by atoms with Gasteiger partial charge in [0.1, 0.15) is 6.04 Å². The molecule has 0 saturated carbocycles. The van der Waals surface area contributed by atoms with Gasteiger partial charge in [-0.1, -0.05) is 39.0 Å². The Hall–Kier alpha value is -1.18. The molecule has 0 radical (unpaired) electrons. The summed E-state index contributed by atoms with van der Waals surface area (Å²) >= 11 is 0. The van der Waals surface area contributed by atoms with Gasteiger partial charge in [-0.15, -0.1) is 0 Å². The third kappa shape index (κ3) is 1.37. The highest BCUT2D eigenvalue weighted by Gasteiger charge is 2.31. The average Bonchev–Trinajstić information content (AvgIpc) is 2.45. The predicted octanol–water partition coefficient (Wildman–Crippen LogP) is 3.87. The van der Waals surface area contributed by atoms with E-state index in [9.17, 15) is 0 Å². The minimum atomic E-state index is 0.163. The van der Waals surface area contributed by atoms with Gasteiger partial charge in [0.25, 0.3) is 0 Å². The minimum absolute atomic E-state index is 0.163. The molecule has 0 amide bonds. The summed E-state index contributed by atoms with van der Waals surface area (Å²) in [5, 5.41) is 8.47. The van der Waals surface area contributed by atoms with Crippen molar-refractivity contribution in [3.05, 3.63) is 29.8 Å². The summed E-state index contributed by atoms with van der Waals surface area (Å²) in [4.78, 5) is 0. The molecule has 0 saturated heterocycles. The molecule has 0 aliphatic carbocycles. The molecule has 0 N–H and O–H groups in total. The predicted molar refractivity (Wildman–Crippen MR) is 53.2 cm³/mol. The van der Waals surface area contributed by atoms with Gasteiger partial charge < -0.3 is 0 Å². The van der Waals surface area contributed by atoms with E-state index in [-0.39, 0.29) is 11.5 Å². The van der Waals surface area contributed by atoms with E-state index >= 15 is 0 Å². The maximum Gasteiger partial charge on any atom is 0.103 e. The molecule has 0 aromatic heterocycles. The molecule has 1 aliphatic rings. The second-order valence-electron chi connectivity index (χ2n) is 4.54. The van der Waals surface area contributed by atoms with Crippen LogP contribution in [-0.4, -0.2) is 0 Å². The van der Waals surface area contributed by atoms with Crippen LogP contribution < -0.4 is 0 Å². The van der Waals surface area contributed by atoms with Crippen LogP contribution >= 0.6 is 0 Å². The van der Waals surface area contributed by atoms with Crippen molar-refractivity contribution in [1.29, 1.82) is 0 Å². The van der Waals surface area contributed by atoms with Crippen LogP contribution in [0.1, 0.15) is 32.4 Å². The number of azo groups is 1. The fourth-order valence-corrected chi connectivity index (χ4v) is 1.63. The lowest BCUT2D eigenvalue weighted by molar-refractivity contribution is 0.328. The molecule has 13 heavy (non-hydrogen) atoms. The largest absolute Gasteiger partial charge is 0.180 e. The highest BCUT2D eigenvalue weighted by molar-refractivity contribution is 5.50. The normalized spacial score (nSPS) is 20.4. The molecule has 0 spiro atoms. The van der Waals surface area contributed by atoms with Gasteiger partial charge in [-0.3, -0.25) is 0 Å². The van der Waals surface area contributed by atoms with Crippen LogP contribution in [0, 0.1) is 5.41 Å². The summed E-state index contributed by atoms with van der Waals surface area (Å²) in [6.45, 7) is 6.58. The first-order valence-electron chi connectivity index (χ1n) is 4.59. The van der Waals surface area contributed by atoms with E-state index in [1.54, 1.807) is 0 Å². The van der Waals surface area contributed by atoms with Gasteiger partial charge in [-0.2, -0.15) is 10.2 Å². The van der Waals surface area contributed by atoms with E-state index in [2.05, 4.69) is 37.1 Å². The first kappa shape index (κ1) is 8.42. The fourth-order valence-electron chi connectivity index (χ4n) is 1.63. The lowest BCUT2D eigenvalue weighted by atomic mass is 9.83. The minimum Gasteiger partial charge on any atom is -0.180 e. The highest BCUT2D eigenvalue weighted by Crippen LogP contribution is 2.45. The molecule has 1 atom stereocenters. The lowest BCUT2D eigenvalue weighted by Gasteiger charge is -2.23. The standard InChI is InChI=1S/C11H14N2/c1-11(2,3)10-8-6-4-5-7-9(8)12-13-10/h4-7,10H,1-3H3. The maximum atomic E-state index is 4.30. The van der Waals surface area contributed by atoms with E-state index in [0.717, 1.165) is 5.69 Å². The zero-order chi connectivity index (χ0) is 9.47. The molecule has 2 heteroatoms. The van der Waals surface area contributed by atoms with Crippen LogP contribution in [0.4, 0.5) is 5.69 Å². The Kier molecular flexibility index (Phi) is 1.72. The molecule has 1 aromatic carbocycles. The van der Waals surface area contributed by atoms with E-state index in [1.165, 1.54) is 5.56 Å². The maximum absolute atomic E-state index is 4.30. The van der Waals surface area contributed by atoms with Crippen molar-refractivity contribution in [2.75, 3.05) is 0 Å². The summed E-state index contributed by atoms with van der Waals surface area (Å²) in [7, 11) is 0. The molecule has 1 aromatic rings. The van der Waals surface area contributed by atoms with Crippen molar-refractivity contribution in [2.24, 2.45) is 15.6 Å². The number of hydrogen-bond acceptors (Lipinski definition) is 2. The van der Waals surface area contributed by atoms with Crippen molar-refractivity contribution < 1.29 is 0 Å². The second-order valence-corrected chi connectivity index (χ2v) is 4.54. The molecule has 0 bridgehead atoms. The SMILES string of the molecule is CC(C)(C)C1N=Nc2ccccc21. The molecule has 2 rings (SSSR count). The molecular weight excluding hydrogens is 160 g/mol. The van der Waals surface area contributed by atoms with E-state index in [0.29, 0.717) is 0 Å². The van der Waals surface area contributed by atoms with Crippen LogP contribution in [0.15, 0.2) is 34.5 Å². The molecule has 2 nitrogen and oxygen atoms in total. The topological polar surface area (TPSA) is 24.7 Å². The summed E-state index contributed by atoms with van der Waals surface area (Å²) in [5.41, 5.74) is 2.45. The number of rotatable bonds is 0. The number of fused-ring (bicyclic) bond motifs is 1. The van der Waals surface area contributed by atoms with Gasteiger partial charge in [0, 0.05) is 5.56 Å². The highest BCUT2D eigenvalue weighted by atomic mass is 15.2. The monoisotopic (exact) mass is 174 g/mol. The summed E-state index contributed by atoms with van der Waals surface area (Å²) in [5.74, 6) is 0. The Bertz CT molecular complexity index is 347. The number of hydrogen-bond donors (Lipinski definition) is 0. The third-order valence-corrected chi connectivity index (χ3v) is 2.33. The van der Waals surface area contributed by atoms with Crippen LogP contribution in [0.2, 0.25) is 0 Å². The zero-order valence-electron chi connectivity index (χ0n) is 8.28. The Labute approximate surface area is 78.7 Å². The zero-order valence-corrected chi connectivity index (χ0v) is 8.28. The summed E-state index contributed by atoms with van der Waals surface area (Å²) in [6, 6.07) is 8.41. The Balaban J connectivity index is 2.45. The van der Waals surface area contributed by atoms with Gasteiger partial charge in [0.05, 0.1) is 5.69 Å². The molecule has 0 fully saturated rings. The van der Waals surface area contributed by atoms with E-state index < -0.39 is 0 Å². The second kappa shape index (κ2) is 2.66. The van der Waals surface area contributed by atoms with Gasteiger partial charge in [0.2, 0.25) is 0 Å². The smallest absolute Gasteiger partial charge is 0.103 e. The lowest BCUT2D eigenvalue weighted by Crippen LogP contribution is -2.14. The van der Waals surface area contributed by atoms with E-state index in [1.807, 2.05) is 18.2 Å². The van der Waals surface area contributed by atoms with E-state index in [4.69, 9.17) is 0 Å². The summed E-state index contributed by atoms with van der Waals surface area (Å²) < 4.78 is 0. The van der Waals surface area contributed by atoms with Gasteiger partial charge >= 0.3 is 0 Å². The fraction of sp³-hybridized carbons (Fsp3) is 0.455. The van der Waals surface area contributed by atoms with Gasteiger partial charge in [-0.25, -0.2) is 0 Å². The van der Waals surface area contributed by atoms with Crippen molar-refractivity contribution in [2.45, 2.75) is 26.8 Å². The van der Waals surface area contributed by atoms with Crippen LogP contribution in [-0.2, 0) is 0 Å². The van der Waals surface area contributed by atoms with Crippen LogP contribution in [0.3, 0.4) is 0 Å². The Morgan fingerprint density at radius 3 is 2.54 bits per heavy atom. The van der Waals surface area contributed by atoms with Crippen molar-refractivity contribution in [1.82, 2.24) is 0 Å². The molecule has 1 heterocycles. The molecule has 68 valence electrons. The van der Waals surface area contributed by atoms with Gasteiger partial charge in [0.15, 0.2) is 0 Å². The summed E-state index contributed by atoms with van der Waals surface area (Å²) in [6.07, 6.45) is 0. The Morgan fingerprint density at radius 1 is 1.15 bits per heavy atom. The quantitative estimate of drug-likeness (QED) is 0.570. The first-order chi connectivity index (χ1) is 6.09. The Morgan fingerprint density at radius 2 is 1.85 bits per heavy atom. The molecule has 1 unspecified atom stereocenters. The van der Waals surface area contributed by atoms with Crippen molar-refractivity contribution in [3.8, 4) is 0 Å². The molecular formula is C11H14N2. The third-order valence-electron chi connectivity index (χ3n) is 2.33. The van der Waals surface area contributed by atoms with Crippen molar-refractivity contribution >= 4 is 5.69 Å². The number of benzene rings is 1.